The molecule has 4 N–H and O–H groups in total. The second-order valence-electron chi connectivity index (χ2n) is 4.66. The number of rotatable bonds is 3. The third-order valence-corrected chi connectivity index (χ3v) is 2.59. The number of carbonyl (C=O) groups excluding carboxylic acids is 1. The fourth-order valence-corrected chi connectivity index (χ4v) is 1.49. The number of nitrogens with zero attached hydrogens (tertiary/aromatic N) is 1. The van der Waals surface area contributed by atoms with Crippen LogP contribution in [0.4, 0.5) is 5.82 Å². The van der Waals surface area contributed by atoms with Crippen LogP contribution in [0.5, 0.6) is 5.75 Å². The van der Waals surface area contributed by atoms with Crippen molar-refractivity contribution in [2.45, 2.75) is 19.4 Å². The third kappa shape index (κ3) is 2.28. The summed E-state index contributed by atoms with van der Waals surface area (Å²) in [6.45, 7) is 3.28. The van der Waals surface area contributed by atoms with E-state index in [1.165, 1.54) is 0 Å². The highest BCUT2D eigenvalue weighted by atomic mass is 16.5. The number of ether oxygens (including phenoxy) is 1. The Hall–Kier alpha value is -2.08. The molecule has 6 nitrogen and oxygen atoms in total. The number of hydrogen-bond acceptors (Lipinski definition) is 4. The molecular formula is C12H16N4O2. The first kappa shape index (κ1) is 12.4. The average molecular weight is 248 g/mol. The van der Waals surface area contributed by atoms with E-state index in [0.717, 1.165) is 16.7 Å². The summed E-state index contributed by atoms with van der Waals surface area (Å²) in [6, 6.07) is 5.45. The van der Waals surface area contributed by atoms with E-state index in [1.807, 2.05) is 12.1 Å². The van der Waals surface area contributed by atoms with Crippen molar-refractivity contribution in [2.24, 2.45) is 5.73 Å². The molecule has 18 heavy (non-hydrogen) atoms. The normalized spacial score (nSPS) is 11.6. The number of hydrogen-bond donors (Lipinski definition) is 3. The lowest BCUT2D eigenvalue weighted by molar-refractivity contribution is -0.120. The number of nitrogens with two attached hydrogens (primary N) is 1. The van der Waals surface area contributed by atoms with Gasteiger partial charge in [-0.25, -0.2) is 0 Å². The molecule has 0 spiro atoms. The van der Waals surface area contributed by atoms with Gasteiger partial charge in [-0.3, -0.25) is 9.89 Å². The van der Waals surface area contributed by atoms with Gasteiger partial charge in [0.1, 0.15) is 5.75 Å². The van der Waals surface area contributed by atoms with Crippen molar-refractivity contribution in [1.29, 1.82) is 0 Å². The standard InChI is InChI=1S/C12H16N4O2/c1-12(2,13)11(17)14-10-8-5-4-7(18-3)6-9(8)15-16-10/h4-6H,13H2,1-3H3,(H2,14,15,16,17). The van der Waals surface area contributed by atoms with Gasteiger partial charge in [0.15, 0.2) is 5.82 Å². The zero-order valence-corrected chi connectivity index (χ0v) is 10.6. The molecule has 0 radical (unpaired) electrons. The fraction of sp³-hybridized carbons (Fsp3) is 0.333. The van der Waals surface area contributed by atoms with Crippen molar-refractivity contribution in [3.05, 3.63) is 18.2 Å². The monoisotopic (exact) mass is 248 g/mol. The van der Waals surface area contributed by atoms with E-state index in [0.29, 0.717) is 5.82 Å². The van der Waals surface area contributed by atoms with Gasteiger partial charge in [-0.2, -0.15) is 5.10 Å². The van der Waals surface area contributed by atoms with Crippen LogP contribution in [0.15, 0.2) is 18.2 Å². The Morgan fingerprint density at radius 3 is 2.83 bits per heavy atom. The zero-order chi connectivity index (χ0) is 13.3. The highest BCUT2D eigenvalue weighted by Crippen LogP contribution is 2.24. The Balaban J connectivity index is 2.33. The van der Waals surface area contributed by atoms with E-state index < -0.39 is 5.54 Å². The van der Waals surface area contributed by atoms with Crippen molar-refractivity contribution >= 4 is 22.6 Å². The Kier molecular flexibility index (Phi) is 2.96. The van der Waals surface area contributed by atoms with Gasteiger partial charge < -0.3 is 15.8 Å². The molecule has 0 aliphatic carbocycles. The summed E-state index contributed by atoms with van der Waals surface area (Å²) in [6.07, 6.45) is 0. The lowest BCUT2D eigenvalue weighted by Gasteiger charge is -2.16. The first-order chi connectivity index (χ1) is 8.41. The molecule has 96 valence electrons. The number of fused-ring (bicyclic) bond motifs is 1. The van der Waals surface area contributed by atoms with E-state index in [4.69, 9.17) is 10.5 Å². The smallest absolute Gasteiger partial charge is 0.245 e. The van der Waals surface area contributed by atoms with Gasteiger partial charge in [-0.05, 0) is 26.0 Å². The van der Waals surface area contributed by atoms with Crippen molar-refractivity contribution < 1.29 is 9.53 Å². The second kappa shape index (κ2) is 4.30. The van der Waals surface area contributed by atoms with Crippen molar-refractivity contribution in [2.75, 3.05) is 12.4 Å². The van der Waals surface area contributed by atoms with Crippen molar-refractivity contribution in [3.8, 4) is 5.75 Å². The quantitative estimate of drug-likeness (QED) is 0.762. The molecular weight excluding hydrogens is 232 g/mol. The van der Waals surface area contributed by atoms with Gasteiger partial charge in [0, 0.05) is 11.5 Å². The number of methoxy groups -OCH3 is 1. The van der Waals surface area contributed by atoms with Crippen LogP contribution in [0.2, 0.25) is 0 Å². The third-order valence-electron chi connectivity index (χ3n) is 2.59. The number of benzene rings is 1. The Labute approximate surface area is 104 Å². The van der Waals surface area contributed by atoms with Crippen molar-refractivity contribution in [3.63, 3.8) is 0 Å². The molecule has 6 heteroatoms. The molecule has 0 aliphatic rings. The summed E-state index contributed by atoms with van der Waals surface area (Å²) >= 11 is 0. The van der Waals surface area contributed by atoms with Crippen LogP contribution in [-0.4, -0.2) is 28.8 Å². The molecule has 2 rings (SSSR count). The molecule has 1 aromatic carbocycles. The number of amides is 1. The van der Waals surface area contributed by atoms with Crippen LogP contribution in [-0.2, 0) is 4.79 Å². The molecule has 0 atom stereocenters. The first-order valence-corrected chi connectivity index (χ1v) is 5.54. The summed E-state index contributed by atoms with van der Waals surface area (Å²) < 4.78 is 5.11. The number of aromatic nitrogens is 2. The summed E-state index contributed by atoms with van der Waals surface area (Å²) in [4.78, 5) is 11.8. The maximum absolute atomic E-state index is 11.8. The molecule has 1 aromatic heterocycles. The number of nitrogens with one attached hydrogen (secondary N) is 2. The lowest BCUT2D eigenvalue weighted by atomic mass is 10.1. The second-order valence-corrected chi connectivity index (χ2v) is 4.66. The molecule has 1 amide bonds. The van der Waals surface area contributed by atoms with Crippen molar-refractivity contribution in [1.82, 2.24) is 10.2 Å². The van der Waals surface area contributed by atoms with Crippen LogP contribution in [0, 0.1) is 0 Å². The van der Waals surface area contributed by atoms with E-state index in [-0.39, 0.29) is 5.91 Å². The highest BCUT2D eigenvalue weighted by molar-refractivity contribution is 6.03. The Morgan fingerprint density at radius 1 is 1.50 bits per heavy atom. The van der Waals surface area contributed by atoms with Gasteiger partial charge in [0.2, 0.25) is 5.91 Å². The van der Waals surface area contributed by atoms with Crippen LogP contribution in [0.25, 0.3) is 10.9 Å². The predicted molar refractivity (Wildman–Crippen MR) is 69.5 cm³/mol. The molecule has 1 heterocycles. The molecule has 0 unspecified atom stereocenters. The van der Waals surface area contributed by atoms with E-state index in [1.54, 1.807) is 27.0 Å². The Morgan fingerprint density at radius 2 is 2.22 bits per heavy atom. The molecule has 0 aliphatic heterocycles. The van der Waals surface area contributed by atoms with E-state index in [9.17, 15) is 4.79 Å². The summed E-state index contributed by atoms with van der Waals surface area (Å²) in [5.74, 6) is 0.908. The minimum Gasteiger partial charge on any atom is -0.497 e. The number of carbonyl (C=O) groups is 1. The number of H-pyrrole nitrogens is 1. The molecule has 0 saturated heterocycles. The summed E-state index contributed by atoms with van der Waals surface area (Å²) in [5, 5.41) is 10.4. The van der Waals surface area contributed by atoms with Gasteiger partial charge in [-0.1, -0.05) is 0 Å². The van der Waals surface area contributed by atoms with Gasteiger partial charge in [0.05, 0.1) is 18.2 Å². The van der Waals surface area contributed by atoms with Crippen LogP contribution >= 0.6 is 0 Å². The highest BCUT2D eigenvalue weighted by Gasteiger charge is 2.23. The predicted octanol–water partition coefficient (Wildman–Crippen LogP) is 1.25. The number of aromatic amines is 1. The molecule has 0 bridgehead atoms. The summed E-state index contributed by atoms with van der Waals surface area (Å²) in [7, 11) is 1.59. The van der Waals surface area contributed by atoms with Gasteiger partial charge in [0.25, 0.3) is 0 Å². The topological polar surface area (TPSA) is 93.0 Å². The van der Waals surface area contributed by atoms with E-state index in [2.05, 4.69) is 15.5 Å². The van der Waals surface area contributed by atoms with Crippen LogP contribution < -0.4 is 15.8 Å². The number of anilines is 1. The van der Waals surface area contributed by atoms with Gasteiger partial charge >= 0.3 is 0 Å². The van der Waals surface area contributed by atoms with Crippen LogP contribution in [0.1, 0.15) is 13.8 Å². The molecule has 0 saturated carbocycles. The maximum Gasteiger partial charge on any atom is 0.245 e. The average Bonchev–Trinajstić information content (AvgIpc) is 2.70. The Bertz CT molecular complexity index is 583. The summed E-state index contributed by atoms with van der Waals surface area (Å²) in [5.41, 5.74) is 5.56. The molecule has 0 fully saturated rings. The van der Waals surface area contributed by atoms with Crippen LogP contribution in [0.3, 0.4) is 0 Å². The zero-order valence-electron chi connectivity index (χ0n) is 10.6. The largest absolute Gasteiger partial charge is 0.497 e. The SMILES string of the molecule is COc1ccc2c(NC(=O)C(C)(C)N)n[nH]c2c1. The van der Waals surface area contributed by atoms with E-state index >= 15 is 0 Å². The van der Waals surface area contributed by atoms with Gasteiger partial charge in [-0.15, -0.1) is 0 Å². The minimum absolute atomic E-state index is 0.285. The lowest BCUT2D eigenvalue weighted by Crippen LogP contribution is -2.45. The minimum atomic E-state index is -0.947. The first-order valence-electron chi connectivity index (χ1n) is 5.54. The maximum atomic E-state index is 11.8. The molecule has 2 aromatic rings. The fourth-order valence-electron chi connectivity index (χ4n) is 1.49.